The SMILES string of the molecule is COc1ccc(C(=O)c2cc3cccc(F)c3o2)cc1. The Hall–Kier alpha value is -2.62. The summed E-state index contributed by atoms with van der Waals surface area (Å²) in [5, 5.41) is 0.571. The van der Waals surface area contributed by atoms with Crippen molar-refractivity contribution in [3.8, 4) is 5.75 Å². The molecule has 0 unspecified atom stereocenters. The molecule has 0 amide bonds. The normalized spacial score (nSPS) is 10.7. The van der Waals surface area contributed by atoms with Crippen LogP contribution < -0.4 is 4.74 Å². The molecule has 0 fully saturated rings. The largest absolute Gasteiger partial charge is 0.497 e. The molecule has 1 heterocycles. The topological polar surface area (TPSA) is 39.4 Å². The minimum atomic E-state index is -0.476. The molecule has 3 rings (SSSR count). The van der Waals surface area contributed by atoms with Crippen LogP contribution in [-0.4, -0.2) is 12.9 Å². The molecule has 0 spiro atoms. The van der Waals surface area contributed by atoms with Crippen LogP contribution in [0.1, 0.15) is 16.1 Å². The van der Waals surface area contributed by atoms with Gasteiger partial charge in [-0.05, 0) is 36.4 Å². The first-order valence-electron chi connectivity index (χ1n) is 6.06. The van der Waals surface area contributed by atoms with E-state index in [0.29, 0.717) is 16.7 Å². The molecule has 20 heavy (non-hydrogen) atoms. The van der Waals surface area contributed by atoms with Crippen molar-refractivity contribution in [1.82, 2.24) is 0 Å². The summed E-state index contributed by atoms with van der Waals surface area (Å²) in [6, 6.07) is 12.8. The fourth-order valence-electron chi connectivity index (χ4n) is 2.02. The number of benzene rings is 2. The number of ether oxygens (including phenoxy) is 1. The molecule has 2 aromatic carbocycles. The molecule has 0 saturated carbocycles. The molecular weight excluding hydrogens is 259 g/mol. The molecule has 0 aliphatic rings. The van der Waals surface area contributed by atoms with Crippen LogP contribution in [0.5, 0.6) is 5.75 Å². The summed E-state index contributed by atoms with van der Waals surface area (Å²) >= 11 is 0. The molecule has 0 atom stereocenters. The Morgan fingerprint density at radius 2 is 1.90 bits per heavy atom. The minimum Gasteiger partial charge on any atom is -0.497 e. The maximum absolute atomic E-state index is 13.5. The first-order chi connectivity index (χ1) is 9.69. The highest BCUT2D eigenvalue weighted by Gasteiger charge is 2.16. The number of carbonyl (C=O) groups is 1. The maximum Gasteiger partial charge on any atom is 0.228 e. The average molecular weight is 270 g/mol. The number of fused-ring (bicyclic) bond motifs is 1. The fourth-order valence-corrected chi connectivity index (χ4v) is 2.02. The van der Waals surface area contributed by atoms with Crippen LogP contribution in [0.15, 0.2) is 52.9 Å². The quantitative estimate of drug-likeness (QED) is 0.679. The highest BCUT2D eigenvalue weighted by Crippen LogP contribution is 2.24. The van der Waals surface area contributed by atoms with Crippen LogP contribution in [0.4, 0.5) is 4.39 Å². The van der Waals surface area contributed by atoms with Crippen molar-refractivity contribution in [1.29, 1.82) is 0 Å². The van der Waals surface area contributed by atoms with E-state index in [1.165, 1.54) is 6.07 Å². The Labute approximate surface area is 114 Å². The van der Waals surface area contributed by atoms with Crippen LogP contribution >= 0.6 is 0 Å². The van der Waals surface area contributed by atoms with Gasteiger partial charge in [0.25, 0.3) is 0 Å². The van der Waals surface area contributed by atoms with Gasteiger partial charge >= 0.3 is 0 Å². The van der Waals surface area contributed by atoms with Gasteiger partial charge in [0.05, 0.1) is 7.11 Å². The number of rotatable bonds is 3. The van der Waals surface area contributed by atoms with Crippen molar-refractivity contribution in [2.75, 3.05) is 7.11 Å². The van der Waals surface area contributed by atoms with E-state index < -0.39 is 5.82 Å². The minimum absolute atomic E-state index is 0.101. The lowest BCUT2D eigenvalue weighted by atomic mass is 10.1. The Morgan fingerprint density at radius 3 is 2.55 bits per heavy atom. The molecule has 0 N–H and O–H groups in total. The molecule has 0 saturated heterocycles. The molecule has 100 valence electrons. The number of hydrogen-bond donors (Lipinski definition) is 0. The van der Waals surface area contributed by atoms with Gasteiger partial charge in [0.1, 0.15) is 5.75 Å². The van der Waals surface area contributed by atoms with Gasteiger partial charge in [-0.15, -0.1) is 0 Å². The first kappa shape index (κ1) is 12.4. The van der Waals surface area contributed by atoms with Crippen molar-refractivity contribution < 1.29 is 18.3 Å². The fraction of sp³-hybridized carbons (Fsp3) is 0.0625. The smallest absolute Gasteiger partial charge is 0.228 e. The molecule has 3 aromatic rings. The molecule has 0 bridgehead atoms. The predicted octanol–water partition coefficient (Wildman–Crippen LogP) is 3.81. The van der Waals surface area contributed by atoms with E-state index in [0.717, 1.165) is 0 Å². The van der Waals surface area contributed by atoms with E-state index >= 15 is 0 Å². The molecule has 1 aromatic heterocycles. The van der Waals surface area contributed by atoms with Gasteiger partial charge in [-0.1, -0.05) is 12.1 Å². The molecular formula is C16H11FO3. The highest BCUT2D eigenvalue weighted by molar-refractivity contribution is 6.09. The van der Waals surface area contributed by atoms with Crippen molar-refractivity contribution in [3.05, 3.63) is 65.7 Å². The summed E-state index contributed by atoms with van der Waals surface area (Å²) in [5.41, 5.74) is 0.564. The lowest BCUT2D eigenvalue weighted by Crippen LogP contribution is -1.99. The number of halogens is 1. The van der Waals surface area contributed by atoms with Gasteiger partial charge < -0.3 is 9.15 Å². The van der Waals surface area contributed by atoms with Gasteiger partial charge in [0, 0.05) is 10.9 Å². The summed E-state index contributed by atoms with van der Waals surface area (Å²) in [7, 11) is 1.55. The van der Waals surface area contributed by atoms with Crippen molar-refractivity contribution in [2.24, 2.45) is 0 Å². The third kappa shape index (κ3) is 2.05. The van der Waals surface area contributed by atoms with Crippen LogP contribution in [0, 0.1) is 5.82 Å². The van der Waals surface area contributed by atoms with Crippen LogP contribution in [0.3, 0.4) is 0 Å². The maximum atomic E-state index is 13.5. The summed E-state index contributed by atoms with van der Waals surface area (Å²) in [5.74, 6) is 0.0204. The number of methoxy groups -OCH3 is 1. The van der Waals surface area contributed by atoms with Crippen LogP contribution in [-0.2, 0) is 0 Å². The van der Waals surface area contributed by atoms with Crippen molar-refractivity contribution in [3.63, 3.8) is 0 Å². The number of carbonyl (C=O) groups excluding carboxylic acids is 1. The van der Waals surface area contributed by atoms with E-state index in [1.54, 1.807) is 49.6 Å². The van der Waals surface area contributed by atoms with Gasteiger partial charge in [-0.2, -0.15) is 0 Å². The molecule has 3 nitrogen and oxygen atoms in total. The van der Waals surface area contributed by atoms with E-state index in [9.17, 15) is 9.18 Å². The monoisotopic (exact) mass is 270 g/mol. The van der Waals surface area contributed by atoms with E-state index in [1.807, 2.05) is 0 Å². The summed E-state index contributed by atoms with van der Waals surface area (Å²) < 4.78 is 23.9. The predicted molar refractivity (Wildman–Crippen MR) is 72.6 cm³/mol. The number of para-hydroxylation sites is 1. The Morgan fingerprint density at radius 1 is 1.15 bits per heavy atom. The lowest BCUT2D eigenvalue weighted by molar-refractivity contribution is 0.101. The molecule has 0 aliphatic carbocycles. The Balaban J connectivity index is 2.01. The first-order valence-corrected chi connectivity index (χ1v) is 6.06. The van der Waals surface area contributed by atoms with Crippen molar-refractivity contribution >= 4 is 16.8 Å². The lowest BCUT2D eigenvalue weighted by Gasteiger charge is -2.00. The summed E-state index contributed by atoms with van der Waals surface area (Å²) in [4.78, 5) is 12.3. The Bertz CT molecular complexity index is 772. The molecule has 0 aliphatic heterocycles. The van der Waals surface area contributed by atoms with E-state index in [4.69, 9.17) is 9.15 Å². The van der Waals surface area contributed by atoms with E-state index in [2.05, 4.69) is 0 Å². The van der Waals surface area contributed by atoms with E-state index in [-0.39, 0.29) is 17.1 Å². The third-order valence-electron chi connectivity index (χ3n) is 3.07. The molecule has 4 heteroatoms. The standard InChI is InChI=1S/C16H11FO3/c1-19-12-7-5-10(6-8-12)15(18)14-9-11-3-2-4-13(17)16(11)20-14/h2-9H,1H3. The third-order valence-corrected chi connectivity index (χ3v) is 3.07. The molecule has 0 radical (unpaired) electrons. The highest BCUT2D eigenvalue weighted by atomic mass is 19.1. The zero-order valence-corrected chi connectivity index (χ0v) is 10.7. The van der Waals surface area contributed by atoms with Crippen LogP contribution in [0.2, 0.25) is 0 Å². The summed E-state index contributed by atoms with van der Waals surface area (Å²) in [6.45, 7) is 0. The number of furan rings is 1. The van der Waals surface area contributed by atoms with Crippen LogP contribution in [0.25, 0.3) is 11.0 Å². The number of ketones is 1. The second-order valence-electron chi connectivity index (χ2n) is 4.33. The zero-order chi connectivity index (χ0) is 14.1. The second kappa shape index (κ2) is 4.81. The summed E-state index contributed by atoms with van der Waals surface area (Å²) in [6.07, 6.45) is 0. The van der Waals surface area contributed by atoms with Gasteiger partial charge in [-0.3, -0.25) is 4.79 Å². The second-order valence-corrected chi connectivity index (χ2v) is 4.33. The van der Waals surface area contributed by atoms with Gasteiger partial charge in [0.15, 0.2) is 17.2 Å². The Kier molecular flexibility index (Phi) is 2.99. The zero-order valence-electron chi connectivity index (χ0n) is 10.7. The van der Waals surface area contributed by atoms with Gasteiger partial charge in [0.2, 0.25) is 5.78 Å². The van der Waals surface area contributed by atoms with Gasteiger partial charge in [-0.25, -0.2) is 4.39 Å². The number of hydrogen-bond acceptors (Lipinski definition) is 3. The average Bonchev–Trinajstić information content (AvgIpc) is 2.92. The van der Waals surface area contributed by atoms with Crippen molar-refractivity contribution in [2.45, 2.75) is 0 Å².